The molecule has 1 atom stereocenters. The minimum atomic E-state index is -0.891. The number of rotatable bonds is 6. The van der Waals surface area contributed by atoms with Crippen molar-refractivity contribution in [3.8, 4) is 0 Å². The van der Waals surface area contributed by atoms with Crippen LogP contribution in [-0.2, 0) is 4.79 Å². The van der Waals surface area contributed by atoms with Gasteiger partial charge >= 0.3 is 85.2 Å². The molecule has 3 N–H and O–H groups in total. The molecular weight excluding hydrogens is 233 g/mol. The Kier molecular flexibility index (Phi) is 6.96. The summed E-state index contributed by atoms with van der Waals surface area (Å²) in [4.78, 5) is 10.3. The van der Waals surface area contributed by atoms with Crippen molar-refractivity contribution in [2.24, 2.45) is 5.73 Å². The summed E-state index contributed by atoms with van der Waals surface area (Å²) >= 11 is 0.504. The Balaban J connectivity index is 3.36. The molecule has 0 radical (unpaired) electrons. The van der Waals surface area contributed by atoms with E-state index >= 15 is 0 Å². The second-order valence-electron chi connectivity index (χ2n) is 3.09. The zero-order valence-electron chi connectivity index (χ0n) is 8.12. The maximum atomic E-state index is 10.3. The van der Waals surface area contributed by atoms with Gasteiger partial charge in [-0.2, -0.15) is 0 Å². The van der Waals surface area contributed by atoms with Crippen LogP contribution in [0.1, 0.15) is 20.3 Å². The van der Waals surface area contributed by atoms with E-state index in [-0.39, 0.29) is 0 Å². The Morgan fingerprint density at radius 1 is 1.62 bits per heavy atom. The van der Waals surface area contributed by atoms with Gasteiger partial charge in [0.1, 0.15) is 0 Å². The number of aliphatic carboxylic acids is 1. The van der Waals surface area contributed by atoms with Crippen LogP contribution in [0, 0.1) is 0 Å². The van der Waals surface area contributed by atoms with Gasteiger partial charge in [-0.15, -0.1) is 0 Å². The predicted molar refractivity (Wildman–Crippen MR) is 55.0 cm³/mol. The maximum absolute atomic E-state index is 10.3. The Morgan fingerprint density at radius 2 is 2.23 bits per heavy atom. The van der Waals surface area contributed by atoms with Gasteiger partial charge in [-0.3, -0.25) is 0 Å². The molecule has 0 spiro atoms. The van der Waals surface area contributed by atoms with Crippen LogP contribution in [0.4, 0.5) is 0 Å². The van der Waals surface area contributed by atoms with Crippen molar-refractivity contribution < 1.29 is 9.90 Å². The van der Waals surface area contributed by atoms with Gasteiger partial charge in [-0.1, -0.05) is 0 Å². The topological polar surface area (TPSA) is 63.3 Å². The van der Waals surface area contributed by atoms with Crippen LogP contribution < -0.4 is 5.73 Å². The summed E-state index contributed by atoms with van der Waals surface area (Å²) in [6, 6.07) is -0.673. The van der Waals surface area contributed by atoms with E-state index in [2.05, 4.69) is 19.9 Å². The molecule has 0 rings (SSSR count). The van der Waals surface area contributed by atoms with Crippen LogP contribution in [0.5, 0.6) is 0 Å². The number of hydrogen-bond donors (Lipinski definition) is 2. The van der Waals surface area contributed by atoms with Crippen LogP contribution in [0.2, 0.25) is 10.6 Å². The van der Waals surface area contributed by atoms with E-state index in [1.165, 1.54) is 5.57 Å². The average Bonchev–Trinajstić information content (AvgIpc) is 2.02. The molecule has 0 aromatic rings. The number of carboxylic acid groups (broad SMARTS) is 1. The van der Waals surface area contributed by atoms with Crippen LogP contribution in [0.25, 0.3) is 0 Å². The third kappa shape index (κ3) is 8.03. The van der Waals surface area contributed by atoms with Crippen LogP contribution in [0.3, 0.4) is 0 Å². The molecule has 13 heavy (non-hydrogen) atoms. The first-order valence-corrected chi connectivity index (χ1v) is 6.65. The van der Waals surface area contributed by atoms with E-state index < -0.39 is 12.0 Å². The Labute approximate surface area is 85.5 Å². The molecule has 0 fully saturated rings. The van der Waals surface area contributed by atoms with E-state index in [1.54, 1.807) is 0 Å². The number of carbonyl (C=O) groups is 1. The summed E-state index contributed by atoms with van der Waals surface area (Å²) < 4.78 is 0. The molecule has 3 nitrogen and oxygen atoms in total. The van der Waals surface area contributed by atoms with E-state index in [0.717, 1.165) is 10.6 Å². The molecule has 0 heterocycles. The van der Waals surface area contributed by atoms with Crippen molar-refractivity contribution in [2.45, 2.75) is 36.9 Å². The summed E-state index contributed by atoms with van der Waals surface area (Å²) in [7, 11) is 0. The fraction of sp³-hybridized carbons (Fsp3) is 0.667. The monoisotopic (exact) mass is 251 g/mol. The summed E-state index contributed by atoms with van der Waals surface area (Å²) in [5.74, 6) is -0.891. The summed E-state index contributed by atoms with van der Waals surface area (Å²) in [5, 5.41) is 10.5. The molecule has 4 heteroatoms. The normalized spacial score (nSPS) is 12.2. The Bertz CT molecular complexity index is 188. The van der Waals surface area contributed by atoms with Gasteiger partial charge in [-0.05, 0) is 0 Å². The average molecular weight is 250 g/mol. The quantitative estimate of drug-likeness (QED) is 0.424. The fourth-order valence-electron chi connectivity index (χ4n) is 0.643. The van der Waals surface area contributed by atoms with E-state index in [1.807, 2.05) is 0 Å². The van der Waals surface area contributed by atoms with Crippen molar-refractivity contribution in [2.75, 3.05) is 0 Å². The van der Waals surface area contributed by atoms with Crippen LogP contribution in [0.15, 0.2) is 11.6 Å². The van der Waals surface area contributed by atoms with Gasteiger partial charge in [0, 0.05) is 0 Å². The summed E-state index contributed by atoms with van der Waals surface area (Å²) in [6.07, 6.45) is 2.79. The van der Waals surface area contributed by atoms with E-state index in [4.69, 9.17) is 10.8 Å². The molecule has 0 saturated heterocycles. The first-order valence-electron chi connectivity index (χ1n) is 4.23. The zero-order chi connectivity index (χ0) is 10.3. The zero-order valence-corrected chi connectivity index (χ0v) is 9.83. The third-order valence-electron chi connectivity index (χ3n) is 1.50. The minimum absolute atomic E-state index is 0.504. The van der Waals surface area contributed by atoms with Gasteiger partial charge in [0.25, 0.3) is 0 Å². The van der Waals surface area contributed by atoms with Crippen molar-refractivity contribution >= 4 is 20.9 Å². The molecule has 76 valence electrons. The molecule has 0 amide bonds. The van der Waals surface area contributed by atoms with Gasteiger partial charge in [-0.25, -0.2) is 0 Å². The molecule has 0 aliphatic heterocycles. The van der Waals surface area contributed by atoms with Gasteiger partial charge < -0.3 is 0 Å². The van der Waals surface area contributed by atoms with E-state index in [0.29, 0.717) is 21.4 Å². The number of carboxylic acids is 1. The number of hydrogen-bond acceptors (Lipinski definition) is 2. The molecule has 0 saturated carbocycles. The van der Waals surface area contributed by atoms with Crippen molar-refractivity contribution in [1.82, 2.24) is 0 Å². The van der Waals surface area contributed by atoms with Gasteiger partial charge in [0.2, 0.25) is 0 Å². The second kappa shape index (κ2) is 7.13. The van der Waals surface area contributed by atoms with Gasteiger partial charge in [0.05, 0.1) is 0 Å². The molecule has 0 aromatic carbocycles. The first-order chi connectivity index (χ1) is 6.04. The first kappa shape index (κ1) is 12.7. The van der Waals surface area contributed by atoms with E-state index in [9.17, 15) is 4.79 Å². The molecule has 0 bridgehead atoms. The van der Waals surface area contributed by atoms with Crippen molar-refractivity contribution in [3.63, 3.8) is 0 Å². The molecule has 0 aliphatic rings. The summed E-state index contributed by atoms with van der Waals surface area (Å²) in [5.41, 5.74) is 6.68. The van der Waals surface area contributed by atoms with Crippen molar-refractivity contribution in [3.05, 3.63) is 11.6 Å². The SMILES string of the molecule is CC(C)=CC[Se]CC[C@H](N)C(=O)O. The molecular formula is C9H17NO2Se. The predicted octanol–water partition coefficient (Wildman–Crippen LogP) is 1.30. The standard InChI is InChI=1S/C9H17NO2Se/c1-7(2)3-5-13-6-4-8(10)9(11)12/h3,8H,4-6,10H2,1-2H3,(H,11,12)/t8-/m0/s1. The fourth-order valence-corrected chi connectivity index (χ4v) is 2.82. The number of nitrogens with two attached hydrogens (primary N) is 1. The third-order valence-corrected chi connectivity index (χ3v) is 3.44. The second-order valence-corrected chi connectivity index (χ2v) is 5.50. The van der Waals surface area contributed by atoms with Gasteiger partial charge in [0.15, 0.2) is 0 Å². The number of allylic oxidation sites excluding steroid dienone is 2. The van der Waals surface area contributed by atoms with Crippen LogP contribution in [-0.4, -0.2) is 32.1 Å². The Morgan fingerprint density at radius 3 is 2.69 bits per heavy atom. The van der Waals surface area contributed by atoms with Crippen molar-refractivity contribution in [1.29, 1.82) is 0 Å². The molecule has 0 aromatic heterocycles. The Hall–Kier alpha value is -0.311. The summed E-state index contributed by atoms with van der Waals surface area (Å²) in [6.45, 7) is 4.14. The molecule has 0 aliphatic carbocycles. The molecule has 0 unspecified atom stereocenters. The van der Waals surface area contributed by atoms with Crippen LogP contribution >= 0.6 is 0 Å².